The number of hydrogen-bond acceptors (Lipinski definition) is 4. The molecule has 1 heterocycles. The Hall–Kier alpha value is -2.17. The van der Waals surface area contributed by atoms with Crippen molar-refractivity contribution < 1.29 is 9.32 Å². The van der Waals surface area contributed by atoms with Gasteiger partial charge in [0.2, 0.25) is 11.8 Å². The molecule has 1 aliphatic rings. The maximum atomic E-state index is 12.2. The van der Waals surface area contributed by atoms with E-state index in [1.165, 1.54) is 11.1 Å². The lowest BCUT2D eigenvalue weighted by Crippen LogP contribution is -2.32. The van der Waals surface area contributed by atoms with Gasteiger partial charge in [0.1, 0.15) is 0 Å². The minimum Gasteiger partial charge on any atom is -0.355 e. The molecular weight excluding hydrogens is 314 g/mol. The lowest BCUT2D eigenvalue weighted by molar-refractivity contribution is -0.121. The van der Waals surface area contributed by atoms with Gasteiger partial charge in [0.05, 0.1) is 0 Å². The molecule has 1 aromatic heterocycles. The lowest BCUT2D eigenvalue weighted by Gasteiger charge is -2.18. The molecule has 1 fully saturated rings. The first kappa shape index (κ1) is 17.6. The van der Waals surface area contributed by atoms with Crippen molar-refractivity contribution >= 4 is 5.91 Å². The number of carbonyl (C=O) groups excluding carboxylic acids is 1. The third-order valence-corrected chi connectivity index (χ3v) is 4.97. The summed E-state index contributed by atoms with van der Waals surface area (Å²) in [6.45, 7) is 4.97. The summed E-state index contributed by atoms with van der Waals surface area (Å²) in [5, 5.41) is 7.05. The van der Waals surface area contributed by atoms with Crippen LogP contribution in [-0.4, -0.2) is 22.6 Å². The SMILES string of the molecule is CCCc1noc(CCCC(=O)NCC2(c3ccccc3C)CC2)n1. The molecule has 5 nitrogen and oxygen atoms in total. The van der Waals surface area contributed by atoms with Crippen molar-refractivity contribution in [3.05, 3.63) is 47.1 Å². The number of carbonyl (C=O) groups is 1. The highest BCUT2D eigenvalue weighted by atomic mass is 16.5. The Bertz CT molecular complexity index is 719. The van der Waals surface area contributed by atoms with Crippen LogP contribution in [0, 0.1) is 6.92 Å². The van der Waals surface area contributed by atoms with Crippen LogP contribution in [-0.2, 0) is 23.1 Å². The molecule has 5 heteroatoms. The molecule has 0 atom stereocenters. The zero-order chi connectivity index (χ0) is 17.7. The lowest BCUT2D eigenvalue weighted by atomic mass is 9.92. The molecule has 0 bridgehead atoms. The van der Waals surface area contributed by atoms with E-state index in [2.05, 4.69) is 53.6 Å². The van der Waals surface area contributed by atoms with Crippen molar-refractivity contribution in [2.24, 2.45) is 0 Å². The van der Waals surface area contributed by atoms with Gasteiger partial charge in [-0.3, -0.25) is 4.79 Å². The Balaban J connectivity index is 1.42. The van der Waals surface area contributed by atoms with Gasteiger partial charge in [-0.05, 0) is 43.7 Å². The summed E-state index contributed by atoms with van der Waals surface area (Å²) < 4.78 is 5.20. The predicted molar refractivity (Wildman–Crippen MR) is 96.3 cm³/mol. The molecule has 0 radical (unpaired) electrons. The fourth-order valence-electron chi connectivity index (χ4n) is 3.33. The molecule has 1 saturated carbocycles. The van der Waals surface area contributed by atoms with Gasteiger partial charge in [0.25, 0.3) is 0 Å². The third-order valence-electron chi connectivity index (χ3n) is 4.97. The van der Waals surface area contributed by atoms with Crippen LogP contribution in [0.5, 0.6) is 0 Å². The Kier molecular flexibility index (Phi) is 5.51. The van der Waals surface area contributed by atoms with Gasteiger partial charge in [-0.15, -0.1) is 0 Å². The van der Waals surface area contributed by atoms with E-state index in [0.29, 0.717) is 18.7 Å². The molecule has 1 N–H and O–H groups in total. The highest BCUT2D eigenvalue weighted by Crippen LogP contribution is 2.48. The molecule has 25 heavy (non-hydrogen) atoms. The highest BCUT2D eigenvalue weighted by Gasteiger charge is 2.44. The topological polar surface area (TPSA) is 68.0 Å². The second kappa shape index (κ2) is 7.81. The average molecular weight is 341 g/mol. The molecule has 1 aliphatic carbocycles. The molecule has 1 aromatic carbocycles. The van der Waals surface area contributed by atoms with Crippen molar-refractivity contribution in [2.45, 2.75) is 64.2 Å². The van der Waals surface area contributed by atoms with E-state index in [-0.39, 0.29) is 11.3 Å². The van der Waals surface area contributed by atoms with E-state index in [9.17, 15) is 4.79 Å². The van der Waals surface area contributed by atoms with Gasteiger partial charge in [-0.2, -0.15) is 4.98 Å². The third kappa shape index (κ3) is 4.47. The van der Waals surface area contributed by atoms with Crippen molar-refractivity contribution in [1.29, 1.82) is 0 Å². The number of aryl methyl sites for hydroxylation is 3. The summed E-state index contributed by atoms with van der Waals surface area (Å²) in [6.07, 6.45) is 6.04. The average Bonchev–Trinajstić information content (AvgIpc) is 3.26. The second-order valence-electron chi connectivity index (χ2n) is 7.08. The number of amides is 1. The molecule has 2 aromatic rings. The Labute approximate surface area is 149 Å². The maximum absolute atomic E-state index is 12.2. The summed E-state index contributed by atoms with van der Waals surface area (Å²) in [4.78, 5) is 16.5. The zero-order valence-corrected chi connectivity index (χ0v) is 15.2. The molecule has 0 aliphatic heterocycles. The minimum atomic E-state index is 0.105. The molecule has 0 saturated heterocycles. The summed E-state index contributed by atoms with van der Waals surface area (Å²) in [5.74, 6) is 1.50. The van der Waals surface area contributed by atoms with E-state index in [0.717, 1.165) is 44.5 Å². The number of nitrogens with one attached hydrogen (secondary N) is 1. The number of aromatic nitrogens is 2. The van der Waals surface area contributed by atoms with Crippen LogP contribution in [0.3, 0.4) is 0 Å². The predicted octanol–water partition coefficient (Wildman–Crippen LogP) is 3.50. The van der Waals surface area contributed by atoms with E-state index in [4.69, 9.17) is 4.52 Å². The van der Waals surface area contributed by atoms with Crippen LogP contribution in [0.4, 0.5) is 0 Å². The van der Waals surface area contributed by atoms with Gasteiger partial charge in [0.15, 0.2) is 5.82 Å². The number of rotatable bonds is 9. The van der Waals surface area contributed by atoms with Gasteiger partial charge in [0, 0.05) is 31.2 Å². The molecule has 1 amide bonds. The molecule has 0 unspecified atom stereocenters. The van der Waals surface area contributed by atoms with Crippen molar-refractivity contribution in [1.82, 2.24) is 15.5 Å². The second-order valence-corrected chi connectivity index (χ2v) is 7.08. The molecule has 0 spiro atoms. The summed E-state index contributed by atoms with van der Waals surface area (Å²) in [5.41, 5.74) is 2.85. The fourth-order valence-corrected chi connectivity index (χ4v) is 3.33. The smallest absolute Gasteiger partial charge is 0.226 e. The summed E-state index contributed by atoms with van der Waals surface area (Å²) >= 11 is 0. The van der Waals surface area contributed by atoms with E-state index >= 15 is 0 Å². The first-order chi connectivity index (χ1) is 12.1. The summed E-state index contributed by atoms with van der Waals surface area (Å²) in [6, 6.07) is 8.49. The minimum absolute atomic E-state index is 0.105. The first-order valence-electron chi connectivity index (χ1n) is 9.27. The van der Waals surface area contributed by atoms with Gasteiger partial charge < -0.3 is 9.84 Å². The number of benzene rings is 1. The van der Waals surface area contributed by atoms with Crippen LogP contribution in [0.15, 0.2) is 28.8 Å². The first-order valence-corrected chi connectivity index (χ1v) is 9.27. The fraction of sp³-hybridized carbons (Fsp3) is 0.550. The Morgan fingerprint density at radius 1 is 1.28 bits per heavy atom. The van der Waals surface area contributed by atoms with Gasteiger partial charge in [-0.1, -0.05) is 36.3 Å². The van der Waals surface area contributed by atoms with E-state index in [1.54, 1.807) is 0 Å². The number of nitrogens with zero attached hydrogens (tertiary/aromatic N) is 2. The molecule has 134 valence electrons. The highest BCUT2D eigenvalue weighted by molar-refractivity contribution is 5.76. The van der Waals surface area contributed by atoms with E-state index < -0.39 is 0 Å². The van der Waals surface area contributed by atoms with E-state index in [1.807, 2.05) is 0 Å². The van der Waals surface area contributed by atoms with Gasteiger partial charge in [-0.25, -0.2) is 0 Å². The quantitative estimate of drug-likeness (QED) is 0.758. The van der Waals surface area contributed by atoms with Crippen molar-refractivity contribution in [3.63, 3.8) is 0 Å². The molecule has 3 rings (SSSR count). The normalized spacial score (nSPS) is 15.1. The maximum Gasteiger partial charge on any atom is 0.226 e. The number of hydrogen-bond donors (Lipinski definition) is 1. The van der Waals surface area contributed by atoms with Gasteiger partial charge >= 0.3 is 0 Å². The largest absolute Gasteiger partial charge is 0.355 e. The van der Waals surface area contributed by atoms with Crippen LogP contribution in [0.2, 0.25) is 0 Å². The van der Waals surface area contributed by atoms with Crippen molar-refractivity contribution in [3.8, 4) is 0 Å². The summed E-state index contributed by atoms with van der Waals surface area (Å²) in [7, 11) is 0. The monoisotopic (exact) mass is 341 g/mol. The Morgan fingerprint density at radius 2 is 2.08 bits per heavy atom. The van der Waals surface area contributed by atoms with Crippen LogP contribution in [0.25, 0.3) is 0 Å². The van der Waals surface area contributed by atoms with Crippen LogP contribution >= 0.6 is 0 Å². The Morgan fingerprint density at radius 3 is 2.80 bits per heavy atom. The van der Waals surface area contributed by atoms with Crippen LogP contribution < -0.4 is 5.32 Å². The molecular formula is C20H27N3O2. The van der Waals surface area contributed by atoms with Crippen LogP contribution in [0.1, 0.15) is 61.9 Å². The zero-order valence-electron chi connectivity index (χ0n) is 15.2. The standard InChI is InChI=1S/C20H27N3O2/c1-3-7-17-22-19(25-23-17)11-6-10-18(24)21-14-20(12-13-20)16-9-5-4-8-15(16)2/h4-5,8-9H,3,6-7,10-14H2,1-2H3,(H,21,24). The van der Waals surface area contributed by atoms with Crippen molar-refractivity contribution in [2.75, 3.05) is 6.54 Å².